The number of likely N-dealkylation sites (N-methyl/N-ethyl adjacent to an activating group) is 1. The van der Waals surface area contributed by atoms with E-state index in [0.29, 0.717) is 35.7 Å². The number of quaternary nitrogens is 1. The zero-order valence-corrected chi connectivity index (χ0v) is 27.1. The van der Waals surface area contributed by atoms with Gasteiger partial charge in [-0.2, -0.15) is 0 Å². The van der Waals surface area contributed by atoms with Crippen LogP contribution in [0.4, 0.5) is 0 Å². The second-order valence-corrected chi connectivity index (χ2v) is 12.4. The Morgan fingerprint density at radius 1 is 0.725 bits per heavy atom. The lowest BCUT2D eigenvalue weighted by Crippen LogP contribution is -2.38. The normalized spacial score (nSPS) is 13.4. The maximum atomic E-state index is 10.7. The summed E-state index contributed by atoms with van der Waals surface area (Å²) in [6, 6.07) is 5.65. The molecule has 0 radical (unpaired) electrons. The lowest BCUT2D eigenvalue weighted by atomic mass is 10.0. The maximum Gasteiger partial charge on any atom is 0.166 e. The highest BCUT2D eigenvalue weighted by atomic mass is 16.6. The average molecular weight is 567 g/mol. The van der Waals surface area contributed by atoms with Crippen LogP contribution in [0.15, 0.2) is 18.2 Å². The Hall–Kier alpha value is -1.34. The zero-order valence-electron chi connectivity index (χ0n) is 27.1. The quantitative estimate of drug-likeness (QED) is 0.0861. The van der Waals surface area contributed by atoms with Crippen LogP contribution in [0, 0.1) is 0 Å². The summed E-state index contributed by atoms with van der Waals surface area (Å²) in [6.07, 6.45) is 21.1. The molecule has 0 saturated heterocycles. The summed E-state index contributed by atoms with van der Waals surface area (Å²) in [6.45, 7) is 4.48. The van der Waals surface area contributed by atoms with Crippen LogP contribution in [0.5, 0.6) is 11.5 Å². The molecule has 0 aliphatic rings. The van der Waals surface area contributed by atoms with Crippen LogP contribution in [0.3, 0.4) is 0 Å². The predicted molar refractivity (Wildman–Crippen MR) is 168 cm³/mol. The van der Waals surface area contributed by atoms with Gasteiger partial charge in [-0.1, -0.05) is 115 Å². The van der Waals surface area contributed by atoms with Gasteiger partial charge in [-0.15, -0.1) is 0 Å². The monoisotopic (exact) mass is 566 g/mol. The van der Waals surface area contributed by atoms with Gasteiger partial charge in [-0.25, -0.2) is 0 Å². The molecule has 0 saturated carbocycles. The molecule has 1 N–H and O–H groups in total. The molecule has 6 heteroatoms. The van der Waals surface area contributed by atoms with Crippen molar-refractivity contribution >= 4 is 0 Å². The number of para-hydroxylation sites is 1. The number of ether oxygens (including phenoxy) is 4. The first-order valence-corrected chi connectivity index (χ1v) is 16.2. The summed E-state index contributed by atoms with van der Waals surface area (Å²) in [5, 5.41) is 10.7. The number of unbranched alkanes of at least 4 members (excludes halogenated alkanes) is 15. The van der Waals surface area contributed by atoms with E-state index in [1.54, 1.807) is 14.2 Å². The van der Waals surface area contributed by atoms with E-state index in [0.717, 1.165) is 18.6 Å². The van der Waals surface area contributed by atoms with Gasteiger partial charge in [0.1, 0.15) is 25.4 Å². The Bertz CT molecular complexity index is 721. The van der Waals surface area contributed by atoms with Gasteiger partial charge in [0.15, 0.2) is 11.5 Å². The first-order chi connectivity index (χ1) is 19.3. The zero-order chi connectivity index (χ0) is 29.5. The lowest BCUT2D eigenvalue weighted by Gasteiger charge is -2.28. The number of hydrogen-bond donors (Lipinski definition) is 1. The van der Waals surface area contributed by atoms with Gasteiger partial charge in [-0.05, 0) is 12.5 Å². The van der Waals surface area contributed by atoms with E-state index in [-0.39, 0.29) is 6.10 Å². The average Bonchev–Trinajstić information content (AvgIpc) is 2.92. The van der Waals surface area contributed by atoms with Crippen LogP contribution < -0.4 is 9.47 Å². The highest BCUT2D eigenvalue weighted by Crippen LogP contribution is 2.35. The lowest BCUT2D eigenvalue weighted by molar-refractivity contribution is -0.874. The summed E-state index contributed by atoms with van der Waals surface area (Å²) in [4.78, 5) is 0. The summed E-state index contributed by atoms with van der Waals surface area (Å²) < 4.78 is 23.8. The molecule has 0 bridgehead atoms. The highest BCUT2D eigenvalue weighted by molar-refractivity contribution is 5.47. The topological polar surface area (TPSA) is 57.2 Å². The molecule has 1 aromatic carbocycles. The molecule has 0 aromatic heterocycles. The van der Waals surface area contributed by atoms with E-state index in [2.05, 4.69) is 28.1 Å². The summed E-state index contributed by atoms with van der Waals surface area (Å²) in [5.74, 6) is 1.19. The van der Waals surface area contributed by atoms with Gasteiger partial charge in [0.2, 0.25) is 0 Å². The maximum absolute atomic E-state index is 10.7. The standard InChI is InChI=1S/C34H64NO5/c1-7-8-9-10-11-12-13-14-15-16-17-18-19-20-21-22-26-39-28-30(37-5)29-40-33-25-23-24-31(34(33)38-6)32(36)27-35(2,3)4/h23-25,30,32,36H,7-22,26-29H2,1-6H3/q+1. The van der Waals surface area contributed by atoms with Gasteiger partial charge in [-0.3, -0.25) is 0 Å². The molecule has 2 atom stereocenters. The Morgan fingerprint density at radius 3 is 1.73 bits per heavy atom. The largest absolute Gasteiger partial charge is 0.492 e. The molecule has 6 nitrogen and oxygen atoms in total. The van der Waals surface area contributed by atoms with Gasteiger partial charge in [0.25, 0.3) is 0 Å². The van der Waals surface area contributed by atoms with Gasteiger partial charge in [0.05, 0.1) is 34.9 Å². The van der Waals surface area contributed by atoms with E-state index >= 15 is 0 Å². The highest BCUT2D eigenvalue weighted by Gasteiger charge is 2.23. The smallest absolute Gasteiger partial charge is 0.166 e. The molecule has 0 aliphatic carbocycles. The van der Waals surface area contributed by atoms with Crippen molar-refractivity contribution in [3.8, 4) is 11.5 Å². The molecule has 0 amide bonds. The molecule has 0 heterocycles. The van der Waals surface area contributed by atoms with Crippen LogP contribution in [0.1, 0.15) is 121 Å². The third kappa shape index (κ3) is 18.2. The van der Waals surface area contributed by atoms with Crippen LogP contribution in [-0.2, 0) is 9.47 Å². The Morgan fingerprint density at radius 2 is 1.25 bits per heavy atom. The van der Waals surface area contributed by atoms with Crippen LogP contribution in [-0.4, -0.2) is 77.4 Å². The fourth-order valence-electron chi connectivity index (χ4n) is 5.08. The number of rotatable bonds is 27. The number of benzene rings is 1. The number of aliphatic hydroxyl groups is 1. The fourth-order valence-corrected chi connectivity index (χ4v) is 5.08. The molecule has 1 aromatic rings. The number of nitrogens with zero attached hydrogens (tertiary/aromatic N) is 1. The molecule has 40 heavy (non-hydrogen) atoms. The van der Waals surface area contributed by atoms with Crippen LogP contribution >= 0.6 is 0 Å². The molecule has 2 unspecified atom stereocenters. The van der Waals surface area contributed by atoms with Gasteiger partial charge >= 0.3 is 0 Å². The molecular weight excluding hydrogens is 502 g/mol. The predicted octanol–water partition coefficient (Wildman–Crippen LogP) is 8.11. The fraction of sp³-hybridized carbons (Fsp3) is 0.824. The van der Waals surface area contributed by atoms with Crippen molar-refractivity contribution in [3.05, 3.63) is 23.8 Å². The van der Waals surface area contributed by atoms with Gasteiger partial charge in [0, 0.05) is 19.3 Å². The van der Waals surface area contributed by atoms with E-state index in [9.17, 15) is 5.11 Å². The SMILES string of the molecule is CCCCCCCCCCCCCCCCCCOCC(COc1cccc(C(O)C[N+](C)(C)C)c1OC)OC. The van der Waals surface area contributed by atoms with E-state index in [1.807, 2.05) is 18.2 Å². The van der Waals surface area contributed by atoms with Crippen molar-refractivity contribution < 1.29 is 28.5 Å². The number of hydrogen-bond acceptors (Lipinski definition) is 5. The molecule has 0 spiro atoms. The third-order valence-electron chi connectivity index (χ3n) is 7.50. The molecule has 0 fully saturated rings. The Kier molecular flexibility index (Phi) is 21.3. The first kappa shape index (κ1) is 36.7. The minimum atomic E-state index is -0.639. The number of aliphatic hydroxyl groups excluding tert-OH is 1. The number of methoxy groups -OCH3 is 2. The van der Waals surface area contributed by atoms with Crippen molar-refractivity contribution in [2.24, 2.45) is 0 Å². The Balaban J connectivity index is 2.11. The molecule has 0 aliphatic heterocycles. The van der Waals surface area contributed by atoms with Crippen LogP contribution in [0.25, 0.3) is 0 Å². The van der Waals surface area contributed by atoms with Crippen LogP contribution in [0.2, 0.25) is 0 Å². The van der Waals surface area contributed by atoms with Crippen molar-refractivity contribution in [3.63, 3.8) is 0 Å². The van der Waals surface area contributed by atoms with Gasteiger partial charge < -0.3 is 28.5 Å². The minimum Gasteiger partial charge on any atom is -0.492 e. The molecule has 1 rings (SSSR count). The van der Waals surface area contributed by atoms with E-state index < -0.39 is 6.10 Å². The second-order valence-electron chi connectivity index (χ2n) is 12.4. The summed E-state index contributed by atoms with van der Waals surface area (Å²) in [7, 11) is 9.46. The second kappa shape index (κ2) is 23.2. The van der Waals surface area contributed by atoms with E-state index in [1.165, 1.54) is 96.3 Å². The summed E-state index contributed by atoms with van der Waals surface area (Å²) in [5.41, 5.74) is 0.738. The van der Waals surface area contributed by atoms with Crippen molar-refractivity contribution in [1.29, 1.82) is 0 Å². The molecular formula is C34H64NO5+. The van der Waals surface area contributed by atoms with Crippen molar-refractivity contribution in [2.75, 3.05) is 61.7 Å². The van der Waals surface area contributed by atoms with E-state index in [4.69, 9.17) is 18.9 Å². The minimum absolute atomic E-state index is 0.161. The first-order valence-electron chi connectivity index (χ1n) is 16.2. The van der Waals surface area contributed by atoms with Crippen molar-refractivity contribution in [1.82, 2.24) is 0 Å². The van der Waals surface area contributed by atoms with Crippen molar-refractivity contribution in [2.45, 2.75) is 122 Å². The Labute approximate surface area is 247 Å². The third-order valence-corrected chi connectivity index (χ3v) is 7.50. The summed E-state index contributed by atoms with van der Waals surface area (Å²) >= 11 is 0. The molecule has 234 valence electrons.